The third-order valence-corrected chi connectivity index (χ3v) is 3.89. The number of hydrogen-bond acceptors (Lipinski definition) is 3. The van der Waals surface area contributed by atoms with E-state index in [4.69, 9.17) is 9.84 Å². The van der Waals surface area contributed by atoms with Crippen LogP contribution >= 0.6 is 0 Å². The van der Waals surface area contributed by atoms with Crippen molar-refractivity contribution < 1.29 is 9.84 Å². The first-order chi connectivity index (χ1) is 9.69. The highest BCUT2D eigenvalue weighted by Crippen LogP contribution is 2.21. The molecule has 3 nitrogen and oxygen atoms in total. The van der Waals surface area contributed by atoms with E-state index < -0.39 is 0 Å². The molecule has 20 heavy (non-hydrogen) atoms. The van der Waals surface area contributed by atoms with Gasteiger partial charge in [-0.3, -0.25) is 4.90 Å². The lowest BCUT2D eigenvalue weighted by molar-refractivity contribution is 0.232. The van der Waals surface area contributed by atoms with Gasteiger partial charge in [-0.05, 0) is 30.0 Å². The zero-order valence-electron chi connectivity index (χ0n) is 12.3. The molecule has 1 fully saturated rings. The van der Waals surface area contributed by atoms with Gasteiger partial charge in [0.15, 0.2) is 0 Å². The number of benzene rings is 1. The molecule has 0 amide bonds. The van der Waals surface area contributed by atoms with Gasteiger partial charge in [0.05, 0.1) is 0 Å². The summed E-state index contributed by atoms with van der Waals surface area (Å²) in [6.07, 6.45) is 0. The molecule has 3 heteroatoms. The van der Waals surface area contributed by atoms with E-state index in [-0.39, 0.29) is 6.61 Å². The second-order valence-electron chi connectivity index (χ2n) is 5.55. The van der Waals surface area contributed by atoms with Gasteiger partial charge < -0.3 is 9.84 Å². The van der Waals surface area contributed by atoms with Crippen molar-refractivity contribution in [2.24, 2.45) is 11.8 Å². The normalized spacial score (nSPS) is 22.4. The van der Waals surface area contributed by atoms with Crippen molar-refractivity contribution in [1.29, 1.82) is 0 Å². The molecule has 0 saturated carbocycles. The second kappa shape index (κ2) is 7.33. The van der Waals surface area contributed by atoms with Crippen molar-refractivity contribution in [3.05, 3.63) is 29.8 Å². The molecule has 0 aliphatic carbocycles. The average molecular weight is 273 g/mol. The first-order valence-corrected chi connectivity index (χ1v) is 7.24. The Morgan fingerprint density at radius 1 is 1.30 bits per heavy atom. The van der Waals surface area contributed by atoms with Gasteiger partial charge in [-0.25, -0.2) is 0 Å². The Morgan fingerprint density at radius 2 is 2.05 bits per heavy atom. The summed E-state index contributed by atoms with van der Waals surface area (Å²) < 4.78 is 5.79. The Hall–Kier alpha value is -1.50. The number of ether oxygens (including phenoxy) is 1. The summed E-state index contributed by atoms with van der Waals surface area (Å²) in [7, 11) is 0. The number of nitrogens with zero attached hydrogens (tertiary/aromatic N) is 1. The number of aliphatic hydroxyl groups excluding tert-OH is 1. The van der Waals surface area contributed by atoms with E-state index in [1.807, 2.05) is 24.3 Å². The third-order valence-electron chi connectivity index (χ3n) is 3.89. The smallest absolute Gasteiger partial charge is 0.120 e. The lowest BCUT2D eigenvalue weighted by Crippen LogP contribution is -2.26. The molecule has 1 aliphatic rings. The van der Waals surface area contributed by atoms with Crippen LogP contribution in [-0.2, 0) is 0 Å². The SMILES string of the molecule is CC1CN(CCOc2cccc(C#CCO)c2)CC1C. The maximum absolute atomic E-state index is 8.69. The summed E-state index contributed by atoms with van der Waals surface area (Å²) in [6, 6.07) is 7.70. The van der Waals surface area contributed by atoms with E-state index in [2.05, 4.69) is 30.6 Å². The van der Waals surface area contributed by atoms with E-state index >= 15 is 0 Å². The molecule has 2 unspecified atom stereocenters. The Morgan fingerprint density at radius 3 is 2.75 bits per heavy atom. The molecule has 1 aliphatic heterocycles. The van der Waals surface area contributed by atoms with E-state index in [0.29, 0.717) is 6.61 Å². The standard InChI is InChI=1S/C17H23NO2/c1-14-12-18(13-15(14)2)8-10-20-17-7-3-5-16(11-17)6-4-9-19/h3,5,7,11,14-15,19H,8-10,12-13H2,1-2H3. The number of hydrogen-bond donors (Lipinski definition) is 1. The van der Waals surface area contributed by atoms with Gasteiger partial charge in [-0.2, -0.15) is 0 Å². The van der Waals surface area contributed by atoms with Crippen LogP contribution in [0.2, 0.25) is 0 Å². The van der Waals surface area contributed by atoms with Crippen LogP contribution in [0.5, 0.6) is 5.75 Å². The van der Waals surface area contributed by atoms with Crippen molar-refractivity contribution in [2.45, 2.75) is 13.8 Å². The topological polar surface area (TPSA) is 32.7 Å². The van der Waals surface area contributed by atoms with E-state index in [9.17, 15) is 0 Å². The monoisotopic (exact) mass is 273 g/mol. The Balaban J connectivity index is 1.79. The highest BCUT2D eigenvalue weighted by Gasteiger charge is 2.25. The zero-order valence-corrected chi connectivity index (χ0v) is 12.3. The van der Waals surface area contributed by atoms with Crippen molar-refractivity contribution >= 4 is 0 Å². The molecule has 2 atom stereocenters. The van der Waals surface area contributed by atoms with Gasteiger partial charge in [0, 0.05) is 25.2 Å². The molecule has 2 rings (SSSR count). The fourth-order valence-corrected chi connectivity index (χ4v) is 2.53. The summed E-state index contributed by atoms with van der Waals surface area (Å²) in [4.78, 5) is 2.46. The second-order valence-corrected chi connectivity index (χ2v) is 5.55. The predicted octanol–water partition coefficient (Wildman–Crippen LogP) is 2.00. The lowest BCUT2D eigenvalue weighted by atomic mass is 10.0. The first-order valence-electron chi connectivity index (χ1n) is 7.24. The quantitative estimate of drug-likeness (QED) is 0.852. The molecule has 1 N–H and O–H groups in total. The fourth-order valence-electron chi connectivity index (χ4n) is 2.53. The van der Waals surface area contributed by atoms with Crippen molar-refractivity contribution in [3.8, 4) is 17.6 Å². The lowest BCUT2D eigenvalue weighted by Gasteiger charge is -2.15. The predicted molar refractivity (Wildman–Crippen MR) is 80.7 cm³/mol. The minimum Gasteiger partial charge on any atom is -0.492 e. The third kappa shape index (κ3) is 4.26. The molecular formula is C17H23NO2. The molecule has 108 valence electrons. The number of likely N-dealkylation sites (tertiary alicyclic amines) is 1. The van der Waals surface area contributed by atoms with Crippen LogP contribution in [0, 0.1) is 23.7 Å². The van der Waals surface area contributed by atoms with Crippen LogP contribution in [0.25, 0.3) is 0 Å². The molecule has 1 aromatic rings. The van der Waals surface area contributed by atoms with Gasteiger partial charge in [-0.1, -0.05) is 31.8 Å². The van der Waals surface area contributed by atoms with Gasteiger partial charge >= 0.3 is 0 Å². The van der Waals surface area contributed by atoms with Gasteiger partial charge in [0.1, 0.15) is 19.0 Å². The van der Waals surface area contributed by atoms with Gasteiger partial charge in [-0.15, -0.1) is 0 Å². The van der Waals surface area contributed by atoms with Crippen LogP contribution in [0.1, 0.15) is 19.4 Å². The van der Waals surface area contributed by atoms with Crippen LogP contribution in [0.4, 0.5) is 0 Å². The molecular weight excluding hydrogens is 250 g/mol. The van der Waals surface area contributed by atoms with Gasteiger partial charge in [0.2, 0.25) is 0 Å². The van der Waals surface area contributed by atoms with Crippen molar-refractivity contribution in [1.82, 2.24) is 4.90 Å². The summed E-state index contributed by atoms with van der Waals surface area (Å²) in [5.41, 5.74) is 0.875. The largest absolute Gasteiger partial charge is 0.492 e. The minimum atomic E-state index is -0.115. The molecule has 0 spiro atoms. The average Bonchev–Trinajstić information content (AvgIpc) is 2.76. The van der Waals surface area contributed by atoms with Crippen LogP contribution in [0.3, 0.4) is 0 Å². The molecule has 0 bridgehead atoms. The fraction of sp³-hybridized carbons (Fsp3) is 0.529. The summed E-state index contributed by atoms with van der Waals surface area (Å²) in [6.45, 7) is 8.54. The molecule has 0 radical (unpaired) electrons. The summed E-state index contributed by atoms with van der Waals surface area (Å²) in [5.74, 6) is 7.94. The van der Waals surface area contributed by atoms with Crippen molar-refractivity contribution in [3.63, 3.8) is 0 Å². The highest BCUT2D eigenvalue weighted by atomic mass is 16.5. The molecule has 1 saturated heterocycles. The van der Waals surface area contributed by atoms with Gasteiger partial charge in [0.25, 0.3) is 0 Å². The zero-order chi connectivity index (χ0) is 14.4. The molecule has 1 heterocycles. The van der Waals surface area contributed by atoms with E-state index in [1.54, 1.807) is 0 Å². The van der Waals surface area contributed by atoms with Crippen LogP contribution in [-0.4, -0.2) is 42.9 Å². The number of aliphatic hydroxyl groups is 1. The minimum absolute atomic E-state index is 0.115. The van der Waals surface area contributed by atoms with Crippen LogP contribution < -0.4 is 4.74 Å². The summed E-state index contributed by atoms with van der Waals surface area (Å²) >= 11 is 0. The summed E-state index contributed by atoms with van der Waals surface area (Å²) in [5, 5.41) is 8.69. The van der Waals surface area contributed by atoms with Crippen LogP contribution in [0.15, 0.2) is 24.3 Å². The maximum Gasteiger partial charge on any atom is 0.120 e. The maximum atomic E-state index is 8.69. The molecule has 1 aromatic carbocycles. The van der Waals surface area contributed by atoms with E-state index in [0.717, 1.165) is 29.7 Å². The first kappa shape index (κ1) is 14.9. The Labute approximate surface area is 121 Å². The molecule has 0 aromatic heterocycles. The number of rotatable bonds is 4. The van der Waals surface area contributed by atoms with E-state index in [1.165, 1.54) is 13.1 Å². The Kier molecular flexibility index (Phi) is 5.46. The van der Waals surface area contributed by atoms with Crippen molar-refractivity contribution in [2.75, 3.05) is 32.8 Å². The highest BCUT2D eigenvalue weighted by molar-refractivity contribution is 5.39. The Bertz CT molecular complexity index is 479.